The summed E-state index contributed by atoms with van der Waals surface area (Å²) in [6.07, 6.45) is 1.58. The number of carboxylic acid groups (broad SMARTS) is 1. The number of halogens is 1. The maximum absolute atomic E-state index is 10.8. The lowest BCUT2D eigenvalue weighted by Gasteiger charge is -2.21. The molecular weight excluding hydrogens is 286 g/mol. The average molecular weight is 298 g/mol. The molecule has 1 N–H and O–H groups in total. The first-order valence-electron chi connectivity index (χ1n) is 4.95. The second-order valence-corrected chi connectivity index (χ2v) is 4.67. The van der Waals surface area contributed by atoms with Gasteiger partial charge in [-0.1, -0.05) is 6.92 Å². The zero-order valence-corrected chi connectivity index (χ0v) is 11.1. The first-order valence-corrected chi connectivity index (χ1v) is 5.74. The summed E-state index contributed by atoms with van der Waals surface area (Å²) in [6, 6.07) is 3.70. The number of nitriles is 1. The molecule has 6 heteroatoms. The Bertz CT molecular complexity index is 470. The molecule has 0 spiro atoms. The SMILES string of the molecule is CC(CN(C)c1ncc(Br)cc1C#N)C(=O)O. The van der Waals surface area contributed by atoms with Gasteiger partial charge in [0.25, 0.3) is 0 Å². The van der Waals surface area contributed by atoms with Crippen LogP contribution in [0.5, 0.6) is 0 Å². The van der Waals surface area contributed by atoms with Gasteiger partial charge >= 0.3 is 5.97 Å². The number of anilines is 1. The third-order valence-electron chi connectivity index (χ3n) is 2.28. The normalized spacial score (nSPS) is 11.6. The molecule has 0 radical (unpaired) electrons. The van der Waals surface area contributed by atoms with Gasteiger partial charge in [-0.3, -0.25) is 4.79 Å². The number of aliphatic carboxylic acids is 1. The summed E-state index contributed by atoms with van der Waals surface area (Å²) < 4.78 is 0.720. The Labute approximate surface area is 108 Å². The highest BCUT2D eigenvalue weighted by Crippen LogP contribution is 2.20. The summed E-state index contributed by atoms with van der Waals surface area (Å²) >= 11 is 3.23. The van der Waals surface area contributed by atoms with Crippen molar-refractivity contribution in [3.05, 3.63) is 22.3 Å². The van der Waals surface area contributed by atoms with Crippen LogP contribution in [-0.4, -0.2) is 29.7 Å². The Morgan fingerprint density at radius 3 is 2.94 bits per heavy atom. The number of rotatable bonds is 4. The summed E-state index contributed by atoms with van der Waals surface area (Å²) in [7, 11) is 1.72. The molecule has 0 saturated heterocycles. The van der Waals surface area contributed by atoms with Gasteiger partial charge < -0.3 is 10.0 Å². The highest BCUT2D eigenvalue weighted by molar-refractivity contribution is 9.10. The monoisotopic (exact) mass is 297 g/mol. The highest BCUT2D eigenvalue weighted by atomic mass is 79.9. The van der Waals surface area contributed by atoms with E-state index in [0.717, 1.165) is 4.47 Å². The number of hydrogen-bond acceptors (Lipinski definition) is 4. The highest BCUT2D eigenvalue weighted by Gasteiger charge is 2.16. The first-order chi connectivity index (χ1) is 7.95. The maximum atomic E-state index is 10.8. The minimum absolute atomic E-state index is 0.304. The van der Waals surface area contributed by atoms with Crippen molar-refractivity contribution in [2.45, 2.75) is 6.92 Å². The van der Waals surface area contributed by atoms with E-state index < -0.39 is 11.9 Å². The van der Waals surface area contributed by atoms with Gasteiger partial charge in [0.2, 0.25) is 0 Å². The van der Waals surface area contributed by atoms with Crippen molar-refractivity contribution in [3.8, 4) is 6.07 Å². The van der Waals surface area contributed by atoms with Crippen LogP contribution in [0.3, 0.4) is 0 Å². The molecule has 1 atom stereocenters. The van der Waals surface area contributed by atoms with E-state index in [9.17, 15) is 4.79 Å². The number of hydrogen-bond donors (Lipinski definition) is 1. The van der Waals surface area contributed by atoms with Gasteiger partial charge in [0.05, 0.1) is 11.5 Å². The molecule has 0 aromatic carbocycles. The molecule has 5 nitrogen and oxygen atoms in total. The third-order valence-corrected chi connectivity index (χ3v) is 2.72. The van der Waals surface area contributed by atoms with Crippen LogP contribution in [0.2, 0.25) is 0 Å². The lowest BCUT2D eigenvalue weighted by atomic mass is 10.1. The molecule has 17 heavy (non-hydrogen) atoms. The van der Waals surface area contributed by atoms with Crippen molar-refractivity contribution in [2.24, 2.45) is 5.92 Å². The van der Waals surface area contributed by atoms with Gasteiger partial charge in [0, 0.05) is 24.3 Å². The molecule has 0 bridgehead atoms. The molecule has 0 amide bonds. The van der Waals surface area contributed by atoms with Crippen LogP contribution in [-0.2, 0) is 4.79 Å². The van der Waals surface area contributed by atoms with E-state index in [1.54, 1.807) is 31.1 Å². The quantitative estimate of drug-likeness (QED) is 0.918. The van der Waals surface area contributed by atoms with Crippen molar-refractivity contribution in [3.63, 3.8) is 0 Å². The Kier molecular flexibility index (Phi) is 4.46. The molecule has 1 aromatic rings. The molecule has 0 saturated carbocycles. The fourth-order valence-electron chi connectivity index (χ4n) is 1.39. The van der Waals surface area contributed by atoms with Gasteiger partial charge in [-0.2, -0.15) is 5.26 Å². The van der Waals surface area contributed by atoms with Crippen LogP contribution in [0.4, 0.5) is 5.82 Å². The van der Waals surface area contributed by atoms with Crippen molar-refractivity contribution >= 4 is 27.7 Å². The van der Waals surface area contributed by atoms with Gasteiger partial charge in [-0.05, 0) is 22.0 Å². The molecule has 90 valence electrons. The van der Waals surface area contributed by atoms with Crippen LogP contribution < -0.4 is 4.90 Å². The Balaban J connectivity index is 2.93. The first kappa shape index (κ1) is 13.5. The van der Waals surface area contributed by atoms with Crippen LogP contribution in [0, 0.1) is 17.2 Å². The summed E-state index contributed by atoms with van der Waals surface area (Å²) in [6.45, 7) is 1.92. The number of carboxylic acids is 1. The Morgan fingerprint density at radius 1 is 1.76 bits per heavy atom. The summed E-state index contributed by atoms with van der Waals surface area (Å²) in [4.78, 5) is 16.6. The van der Waals surface area contributed by atoms with Crippen LogP contribution in [0.25, 0.3) is 0 Å². The van der Waals surface area contributed by atoms with Crippen molar-refractivity contribution in [1.29, 1.82) is 5.26 Å². The number of carbonyl (C=O) groups is 1. The number of aromatic nitrogens is 1. The molecular formula is C11H12BrN3O2. The standard InChI is InChI=1S/C11H12BrN3O2/c1-7(11(16)17)6-15(2)10-8(4-13)3-9(12)5-14-10/h3,5,7H,6H2,1-2H3,(H,16,17). The number of pyridine rings is 1. The van der Waals surface area contributed by atoms with Gasteiger partial charge in [-0.25, -0.2) is 4.98 Å². The van der Waals surface area contributed by atoms with Crippen LogP contribution >= 0.6 is 15.9 Å². The summed E-state index contributed by atoms with van der Waals surface area (Å²) in [5.41, 5.74) is 0.416. The van der Waals surface area contributed by atoms with Crippen LogP contribution in [0.1, 0.15) is 12.5 Å². The predicted molar refractivity (Wildman–Crippen MR) is 66.7 cm³/mol. The van der Waals surface area contributed by atoms with E-state index in [-0.39, 0.29) is 0 Å². The molecule has 1 aromatic heterocycles. The molecule has 0 aliphatic carbocycles. The molecule has 0 aliphatic rings. The lowest BCUT2D eigenvalue weighted by molar-refractivity contribution is -0.140. The zero-order valence-electron chi connectivity index (χ0n) is 9.51. The predicted octanol–water partition coefficient (Wildman–Crippen LogP) is 1.87. The van der Waals surface area contributed by atoms with E-state index in [2.05, 4.69) is 20.9 Å². The Hall–Kier alpha value is -1.61. The molecule has 1 unspecified atom stereocenters. The molecule has 0 fully saturated rings. The number of nitrogens with zero attached hydrogens (tertiary/aromatic N) is 3. The van der Waals surface area contributed by atoms with Gasteiger partial charge in [0.1, 0.15) is 11.9 Å². The fourth-order valence-corrected chi connectivity index (χ4v) is 1.73. The maximum Gasteiger partial charge on any atom is 0.308 e. The topological polar surface area (TPSA) is 77.2 Å². The van der Waals surface area contributed by atoms with E-state index in [0.29, 0.717) is 17.9 Å². The minimum Gasteiger partial charge on any atom is -0.481 e. The minimum atomic E-state index is -0.868. The Morgan fingerprint density at radius 2 is 2.41 bits per heavy atom. The third kappa shape index (κ3) is 3.43. The van der Waals surface area contributed by atoms with Crippen molar-refractivity contribution < 1.29 is 9.90 Å². The smallest absolute Gasteiger partial charge is 0.308 e. The molecule has 0 aliphatic heterocycles. The van der Waals surface area contributed by atoms with E-state index in [1.165, 1.54) is 0 Å². The van der Waals surface area contributed by atoms with Gasteiger partial charge in [-0.15, -0.1) is 0 Å². The largest absolute Gasteiger partial charge is 0.481 e. The van der Waals surface area contributed by atoms with E-state index in [1.807, 2.05) is 6.07 Å². The second-order valence-electron chi connectivity index (χ2n) is 3.76. The molecule has 1 rings (SSSR count). The van der Waals surface area contributed by atoms with Crippen molar-refractivity contribution in [1.82, 2.24) is 4.98 Å². The average Bonchev–Trinajstić information content (AvgIpc) is 2.28. The fraction of sp³-hybridized carbons (Fsp3) is 0.364. The van der Waals surface area contributed by atoms with Gasteiger partial charge in [0.15, 0.2) is 0 Å². The second kappa shape index (κ2) is 5.64. The molecule has 1 heterocycles. The van der Waals surface area contributed by atoms with Crippen molar-refractivity contribution in [2.75, 3.05) is 18.5 Å². The lowest BCUT2D eigenvalue weighted by Crippen LogP contribution is -2.29. The van der Waals surface area contributed by atoms with Crippen LogP contribution in [0.15, 0.2) is 16.7 Å². The van der Waals surface area contributed by atoms with E-state index in [4.69, 9.17) is 10.4 Å². The summed E-state index contributed by atoms with van der Waals surface area (Å²) in [5, 5.41) is 17.8. The summed E-state index contributed by atoms with van der Waals surface area (Å²) in [5.74, 6) is -0.895. The van der Waals surface area contributed by atoms with E-state index >= 15 is 0 Å². The zero-order chi connectivity index (χ0) is 13.0.